The van der Waals surface area contributed by atoms with Crippen molar-refractivity contribution in [2.24, 2.45) is 0 Å². The van der Waals surface area contributed by atoms with Crippen LogP contribution in [0.25, 0.3) is 0 Å². The first-order valence-corrected chi connectivity index (χ1v) is 5.03. The Morgan fingerprint density at radius 3 is 2.41 bits per heavy atom. The maximum Gasteiger partial charge on any atom is 0.313 e. The fraction of sp³-hybridized carbons (Fsp3) is 0.250. The summed E-state index contributed by atoms with van der Waals surface area (Å²) >= 11 is 0. The van der Waals surface area contributed by atoms with Crippen LogP contribution in [0.1, 0.15) is 24.3 Å². The number of carbonyl (C=O) groups is 3. The molecular weight excluding hydrogens is 224 g/mol. The molecule has 0 spiro atoms. The van der Waals surface area contributed by atoms with Gasteiger partial charge in [0.15, 0.2) is 0 Å². The number of benzene rings is 1. The Labute approximate surface area is 98.0 Å². The highest BCUT2D eigenvalue weighted by Gasteiger charge is 2.19. The van der Waals surface area contributed by atoms with Gasteiger partial charge in [-0.25, -0.2) is 0 Å². The molecule has 0 aliphatic carbocycles. The summed E-state index contributed by atoms with van der Waals surface area (Å²) in [7, 11) is 0. The third-order valence-electron chi connectivity index (χ3n) is 2.28. The van der Waals surface area contributed by atoms with Crippen LogP contribution in [0.4, 0.5) is 0 Å². The molecule has 0 aliphatic heterocycles. The van der Waals surface area contributed by atoms with Gasteiger partial charge in [0.25, 0.3) is 0 Å². The molecule has 1 aromatic rings. The minimum absolute atomic E-state index is 0.0468. The average molecular weight is 236 g/mol. The van der Waals surface area contributed by atoms with Crippen LogP contribution < -0.4 is 0 Å². The Morgan fingerprint density at radius 2 is 1.88 bits per heavy atom. The zero-order chi connectivity index (χ0) is 12.7. The maximum atomic E-state index is 11.2. The minimum atomic E-state index is -1.00. The van der Waals surface area contributed by atoms with Gasteiger partial charge in [0.05, 0.1) is 12.8 Å². The zero-order valence-corrected chi connectivity index (χ0v) is 9.04. The van der Waals surface area contributed by atoms with Gasteiger partial charge in [-0.05, 0) is 5.56 Å². The summed E-state index contributed by atoms with van der Waals surface area (Å²) in [6.45, 7) is 0.0468. The standard InChI is InChI=1S/C12H12O5/c13-8-17-12(16)7-10(6-11(14)15)9-4-2-1-3-5-9/h1-5,8,10H,6-7H2,(H,14,15). The smallest absolute Gasteiger partial charge is 0.313 e. The molecule has 0 aromatic heterocycles. The lowest BCUT2D eigenvalue weighted by molar-refractivity contribution is -0.151. The van der Waals surface area contributed by atoms with Gasteiger partial charge in [0.2, 0.25) is 0 Å². The predicted molar refractivity (Wildman–Crippen MR) is 58.2 cm³/mol. The van der Waals surface area contributed by atoms with Crippen molar-refractivity contribution in [3.05, 3.63) is 35.9 Å². The highest BCUT2D eigenvalue weighted by Crippen LogP contribution is 2.23. The summed E-state index contributed by atoms with van der Waals surface area (Å²) in [5.41, 5.74) is 0.734. The molecule has 0 heterocycles. The molecule has 5 nitrogen and oxygen atoms in total. The number of hydrogen-bond acceptors (Lipinski definition) is 4. The van der Waals surface area contributed by atoms with E-state index in [9.17, 15) is 14.4 Å². The quantitative estimate of drug-likeness (QED) is 0.458. The van der Waals surface area contributed by atoms with Crippen molar-refractivity contribution in [1.82, 2.24) is 0 Å². The van der Waals surface area contributed by atoms with E-state index in [1.165, 1.54) is 0 Å². The molecule has 5 heteroatoms. The number of ether oxygens (including phenoxy) is 1. The van der Waals surface area contributed by atoms with E-state index in [1.54, 1.807) is 30.3 Å². The summed E-state index contributed by atoms with van der Waals surface area (Å²) in [6, 6.07) is 8.79. The van der Waals surface area contributed by atoms with E-state index in [4.69, 9.17) is 5.11 Å². The highest BCUT2D eigenvalue weighted by molar-refractivity contribution is 5.78. The first-order valence-electron chi connectivity index (χ1n) is 5.03. The Balaban J connectivity index is 2.77. The molecule has 1 aromatic carbocycles. The van der Waals surface area contributed by atoms with Gasteiger partial charge < -0.3 is 9.84 Å². The summed E-state index contributed by atoms with van der Waals surface area (Å²) in [5.74, 6) is -2.21. The first-order chi connectivity index (χ1) is 8.13. The molecule has 1 N–H and O–H groups in total. The summed E-state index contributed by atoms with van der Waals surface area (Å²) in [6.07, 6.45) is -0.312. The van der Waals surface area contributed by atoms with E-state index in [0.717, 1.165) is 5.56 Å². The van der Waals surface area contributed by atoms with Gasteiger partial charge in [0, 0.05) is 5.92 Å². The van der Waals surface area contributed by atoms with E-state index in [0.29, 0.717) is 0 Å². The van der Waals surface area contributed by atoms with Crippen molar-refractivity contribution in [2.75, 3.05) is 0 Å². The largest absolute Gasteiger partial charge is 0.481 e. The van der Waals surface area contributed by atoms with Crippen molar-refractivity contribution < 1.29 is 24.2 Å². The molecule has 0 saturated carbocycles. The normalized spacial score (nSPS) is 11.5. The fourth-order valence-corrected chi connectivity index (χ4v) is 1.55. The number of esters is 1. The molecule has 1 rings (SSSR count). The Hall–Kier alpha value is -2.17. The van der Waals surface area contributed by atoms with E-state index in [-0.39, 0.29) is 19.3 Å². The molecule has 1 unspecified atom stereocenters. The minimum Gasteiger partial charge on any atom is -0.481 e. The lowest BCUT2D eigenvalue weighted by Gasteiger charge is -2.13. The molecule has 0 fully saturated rings. The number of carbonyl (C=O) groups excluding carboxylic acids is 2. The number of rotatable bonds is 6. The Kier molecular flexibility index (Phi) is 4.87. The van der Waals surface area contributed by atoms with Crippen LogP contribution >= 0.6 is 0 Å². The van der Waals surface area contributed by atoms with Gasteiger partial charge in [-0.1, -0.05) is 30.3 Å². The van der Waals surface area contributed by atoms with Crippen LogP contribution in [0.5, 0.6) is 0 Å². The van der Waals surface area contributed by atoms with Gasteiger partial charge in [0.1, 0.15) is 0 Å². The van der Waals surface area contributed by atoms with Crippen LogP contribution in [-0.4, -0.2) is 23.5 Å². The summed E-state index contributed by atoms with van der Waals surface area (Å²) < 4.78 is 4.16. The van der Waals surface area contributed by atoms with Gasteiger partial charge in [-0.3, -0.25) is 14.4 Å². The fourth-order valence-electron chi connectivity index (χ4n) is 1.55. The van der Waals surface area contributed by atoms with Crippen molar-refractivity contribution in [3.63, 3.8) is 0 Å². The van der Waals surface area contributed by atoms with Crippen molar-refractivity contribution in [2.45, 2.75) is 18.8 Å². The highest BCUT2D eigenvalue weighted by atomic mass is 16.6. The Morgan fingerprint density at radius 1 is 1.24 bits per heavy atom. The van der Waals surface area contributed by atoms with Gasteiger partial charge in [-0.15, -0.1) is 0 Å². The molecular formula is C12H12O5. The van der Waals surface area contributed by atoms with Crippen LogP contribution in [0.15, 0.2) is 30.3 Å². The van der Waals surface area contributed by atoms with Crippen molar-refractivity contribution in [3.8, 4) is 0 Å². The Bertz CT molecular complexity index is 399. The first kappa shape index (κ1) is 12.9. The molecule has 0 radical (unpaired) electrons. The van der Waals surface area contributed by atoms with E-state index >= 15 is 0 Å². The SMILES string of the molecule is O=COC(=O)CC(CC(=O)O)c1ccccc1. The number of carboxylic acid groups (broad SMARTS) is 1. The van der Waals surface area contributed by atoms with Gasteiger partial charge in [-0.2, -0.15) is 0 Å². The molecule has 90 valence electrons. The van der Waals surface area contributed by atoms with E-state index in [2.05, 4.69) is 4.74 Å². The molecule has 0 amide bonds. The molecule has 1 atom stereocenters. The van der Waals surface area contributed by atoms with E-state index in [1.807, 2.05) is 0 Å². The van der Waals surface area contributed by atoms with Gasteiger partial charge >= 0.3 is 18.4 Å². The molecule has 0 bridgehead atoms. The maximum absolute atomic E-state index is 11.2. The monoisotopic (exact) mass is 236 g/mol. The molecule has 0 saturated heterocycles. The average Bonchev–Trinajstić information content (AvgIpc) is 2.29. The second-order valence-electron chi connectivity index (χ2n) is 3.50. The van der Waals surface area contributed by atoms with Crippen molar-refractivity contribution in [1.29, 1.82) is 0 Å². The number of aliphatic carboxylic acids is 1. The lowest BCUT2D eigenvalue weighted by atomic mass is 9.93. The zero-order valence-electron chi connectivity index (χ0n) is 9.04. The summed E-state index contributed by atoms with van der Waals surface area (Å²) in [5, 5.41) is 8.77. The third kappa shape index (κ3) is 4.46. The second-order valence-corrected chi connectivity index (χ2v) is 3.50. The predicted octanol–water partition coefficient (Wildman–Crippen LogP) is 1.33. The topological polar surface area (TPSA) is 80.7 Å². The third-order valence-corrected chi connectivity index (χ3v) is 2.28. The second kappa shape index (κ2) is 6.42. The number of carboxylic acids is 1. The van der Waals surface area contributed by atoms with Crippen LogP contribution in [-0.2, 0) is 19.1 Å². The van der Waals surface area contributed by atoms with E-state index < -0.39 is 17.9 Å². The van der Waals surface area contributed by atoms with Crippen LogP contribution in [0, 0.1) is 0 Å². The molecule has 0 aliphatic rings. The lowest BCUT2D eigenvalue weighted by Crippen LogP contribution is -2.13. The number of hydrogen-bond donors (Lipinski definition) is 1. The summed E-state index contributed by atoms with van der Waals surface area (Å²) in [4.78, 5) is 31.9. The van der Waals surface area contributed by atoms with Crippen LogP contribution in [0.2, 0.25) is 0 Å². The molecule has 17 heavy (non-hydrogen) atoms. The van der Waals surface area contributed by atoms with Crippen LogP contribution in [0.3, 0.4) is 0 Å². The van der Waals surface area contributed by atoms with Crippen molar-refractivity contribution >= 4 is 18.4 Å².